The lowest BCUT2D eigenvalue weighted by Gasteiger charge is -2.07. The minimum absolute atomic E-state index is 0.157. The van der Waals surface area contributed by atoms with Crippen LogP contribution < -0.4 is 10.6 Å². The van der Waals surface area contributed by atoms with Gasteiger partial charge < -0.3 is 15.4 Å². The summed E-state index contributed by atoms with van der Waals surface area (Å²) >= 11 is 1.41. The quantitative estimate of drug-likeness (QED) is 0.801. The number of alkyl carbamates (subject to hydrolysis) is 1. The maximum absolute atomic E-state index is 11.9. The van der Waals surface area contributed by atoms with Crippen LogP contribution in [0.15, 0.2) is 52.8 Å². The second kappa shape index (κ2) is 9.51. The predicted octanol–water partition coefficient (Wildman–Crippen LogP) is 2.70. The number of amides is 2. The molecule has 0 spiro atoms. The number of hydrogen-bond donors (Lipinski definition) is 2. The van der Waals surface area contributed by atoms with Gasteiger partial charge in [0.05, 0.1) is 6.61 Å². The Hall–Kier alpha value is -2.61. The van der Waals surface area contributed by atoms with Gasteiger partial charge in [-0.1, -0.05) is 17.8 Å². The molecule has 2 N–H and O–H groups in total. The Kier molecular flexibility index (Phi) is 7.03. The van der Waals surface area contributed by atoms with Crippen molar-refractivity contribution >= 4 is 29.4 Å². The summed E-state index contributed by atoms with van der Waals surface area (Å²) in [6.07, 6.45) is 2.97. The highest BCUT2D eigenvalue weighted by atomic mass is 32.2. The zero-order chi connectivity index (χ0) is 17.2. The first kappa shape index (κ1) is 17.7. The van der Waals surface area contributed by atoms with E-state index in [0.717, 1.165) is 10.1 Å². The average Bonchev–Trinajstić information content (AvgIpc) is 2.56. The van der Waals surface area contributed by atoms with Crippen molar-refractivity contribution < 1.29 is 14.3 Å². The highest BCUT2D eigenvalue weighted by Gasteiger charge is 2.06. The molecule has 2 heterocycles. The number of nitrogens with one attached hydrogen (secondary N) is 2. The molecule has 2 aromatic rings. The smallest absolute Gasteiger partial charge is 0.407 e. The van der Waals surface area contributed by atoms with E-state index in [4.69, 9.17) is 4.74 Å². The van der Waals surface area contributed by atoms with Crippen LogP contribution in [0.3, 0.4) is 0 Å². The van der Waals surface area contributed by atoms with E-state index in [2.05, 4.69) is 20.6 Å². The normalized spacial score (nSPS) is 10.0. The first-order valence-corrected chi connectivity index (χ1v) is 8.24. The Balaban J connectivity index is 1.83. The maximum Gasteiger partial charge on any atom is 0.407 e. The topological polar surface area (TPSA) is 93.2 Å². The summed E-state index contributed by atoms with van der Waals surface area (Å²) in [5.41, 5.74) is 0.643. The molecule has 7 nitrogen and oxygen atoms in total. The molecular weight excluding hydrogens is 328 g/mol. The summed E-state index contributed by atoms with van der Waals surface area (Å²) in [6, 6.07) is 9.11. The van der Waals surface area contributed by atoms with Crippen LogP contribution in [0.25, 0.3) is 0 Å². The molecule has 126 valence electrons. The minimum Gasteiger partial charge on any atom is -0.450 e. The Bertz CT molecular complexity index is 682. The lowest BCUT2D eigenvalue weighted by Crippen LogP contribution is -2.28. The van der Waals surface area contributed by atoms with Crippen molar-refractivity contribution in [3.63, 3.8) is 0 Å². The molecule has 24 heavy (non-hydrogen) atoms. The van der Waals surface area contributed by atoms with Gasteiger partial charge in [0.25, 0.3) is 0 Å². The highest BCUT2D eigenvalue weighted by molar-refractivity contribution is 7.99. The summed E-state index contributed by atoms with van der Waals surface area (Å²) in [4.78, 5) is 31.5. The highest BCUT2D eigenvalue weighted by Crippen LogP contribution is 2.25. The second-order valence-electron chi connectivity index (χ2n) is 4.60. The van der Waals surface area contributed by atoms with Crippen molar-refractivity contribution in [2.24, 2.45) is 0 Å². The van der Waals surface area contributed by atoms with E-state index in [1.165, 1.54) is 11.8 Å². The van der Waals surface area contributed by atoms with Gasteiger partial charge in [0.2, 0.25) is 5.91 Å². The number of anilines is 1. The summed E-state index contributed by atoms with van der Waals surface area (Å²) < 4.78 is 4.72. The molecular formula is C16H18N4O3S. The fourth-order valence-corrected chi connectivity index (χ4v) is 2.52. The van der Waals surface area contributed by atoms with Gasteiger partial charge in [-0.05, 0) is 31.2 Å². The largest absolute Gasteiger partial charge is 0.450 e. The van der Waals surface area contributed by atoms with Gasteiger partial charge in [-0.15, -0.1) is 0 Å². The van der Waals surface area contributed by atoms with Crippen LogP contribution in [0.1, 0.15) is 13.3 Å². The first-order valence-electron chi connectivity index (χ1n) is 7.43. The minimum atomic E-state index is -0.525. The number of hydrogen-bond acceptors (Lipinski definition) is 6. The van der Waals surface area contributed by atoms with Crippen molar-refractivity contribution in [3.8, 4) is 0 Å². The third kappa shape index (κ3) is 6.25. The lowest BCUT2D eigenvalue weighted by atomic mass is 10.3. The number of nitrogens with zero attached hydrogens (tertiary/aromatic N) is 2. The molecule has 0 aliphatic heterocycles. The van der Waals surface area contributed by atoms with E-state index in [9.17, 15) is 9.59 Å². The zero-order valence-corrected chi connectivity index (χ0v) is 14.0. The number of ether oxygens (including phenoxy) is 1. The van der Waals surface area contributed by atoms with Crippen LogP contribution >= 0.6 is 11.8 Å². The fourth-order valence-electron chi connectivity index (χ4n) is 1.74. The second-order valence-corrected chi connectivity index (χ2v) is 5.64. The van der Waals surface area contributed by atoms with Gasteiger partial charge >= 0.3 is 6.09 Å². The van der Waals surface area contributed by atoms with Crippen LogP contribution in [0.5, 0.6) is 0 Å². The van der Waals surface area contributed by atoms with Crippen molar-refractivity contribution in [1.82, 2.24) is 15.3 Å². The summed E-state index contributed by atoms with van der Waals surface area (Å²) in [6.45, 7) is 2.23. The Labute approximate surface area is 144 Å². The molecule has 0 radical (unpaired) electrons. The Morgan fingerprint density at radius 1 is 1.17 bits per heavy atom. The number of carbonyl (C=O) groups is 2. The van der Waals surface area contributed by atoms with Gasteiger partial charge in [0.15, 0.2) is 0 Å². The van der Waals surface area contributed by atoms with Crippen molar-refractivity contribution in [2.45, 2.75) is 23.4 Å². The fraction of sp³-hybridized carbons (Fsp3) is 0.250. The van der Waals surface area contributed by atoms with E-state index in [-0.39, 0.29) is 18.9 Å². The predicted molar refractivity (Wildman–Crippen MR) is 90.9 cm³/mol. The third-order valence-electron chi connectivity index (χ3n) is 2.76. The summed E-state index contributed by atoms with van der Waals surface area (Å²) in [5, 5.41) is 6.83. The molecule has 0 saturated carbocycles. The number of rotatable bonds is 7. The van der Waals surface area contributed by atoms with Crippen LogP contribution in [0.4, 0.5) is 10.5 Å². The molecule has 0 unspecified atom stereocenters. The summed E-state index contributed by atoms with van der Waals surface area (Å²) in [5.74, 6) is -0.202. The standard InChI is InChI=1S/C16H18N4O3S/c1-2-23-16(22)19-10-7-13(21)20-12-6-9-18-15(11-12)24-14-5-3-4-8-17-14/h3-6,8-9,11H,2,7,10H2,1H3,(H,19,22)(H,18,20,21). The van der Waals surface area contributed by atoms with Gasteiger partial charge in [0, 0.05) is 31.0 Å². The Morgan fingerprint density at radius 3 is 2.75 bits per heavy atom. The van der Waals surface area contributed by atoms with Gasteiger partial charge in [0.1, 0.15) is 10.1 Å². The van der Waals surface area contributed by atoms with E-state index < -0.39 is 6.09 Å². The third-order valence-corrected chi connectivity index (χ3v) is 3.65. The van der Waals surface area contributed by atoms with Crippen LogP contribution in [-0.2, 0) is 9.53 Å². The number of carbonyl (C=O) groups excluding carboxylic acids is 2. The van der Waals surface area contributed by atoms with E-state index in [0.29, 0.717) is 12.3 Å². The number of pyridine rings is 2. The van der Waals surface area contributed by atoms with Crippen LogP contribution in [-0.4, -0.2) is 35.1 Å². The lowest BCUT2D eigenvalue weighted by molar-refractivity contribution is -0.116. The number of aromatic nitrogens is 2. The molecule has 8 heteroatoms. The molecule has 2 amide bonds. The van der Waals surface area contributed by atoms with Crippen LogP contribution in [0.2, 0.25) is 0 Å². The first-order chi connectivity index (χ1) is 11.7. The van der Waals surface area contributed by atoms with E-state index >= 15 is 0 Å². The molecule has 2 aromatic heterocycles. The summed E-state index contributed by atoms with van der Waals surface area (Å²) in [7, 11) is 0. The molecule has 0 aliphatic rings. The van der Waals surface area contributed by atoms with Gasteiger partial charge in [-0.25, -0.2) is 14.8 Å². The van der Waals surface area contributed by atoms with Crippen molar-refractivity contribution in [3.05, 3.63) is 42.7 Å². The van der Waals surface area contributed by atoms with Crippen molar-refractivity contribution in [2.75, 3.05) is 18.5 Å². The molecule has 0 saturated heterocycles. The van der Waals surface area contributed by atoms with Gasteiger partial charge in [-0.2, -0.15) is 0 Å². The Morgan fingerprint density at radius 2 is 2.00 bits per heavy atom. The monoisotopic (exact) mass is 346 g/mol. The molecule has 0 aromatic carbocycles. The zero-order valence-electron chi connectivity index (χ0n) is 13.2. The molecule has 0 atom stereocenters. The average molecular weight is 346 g/mol. The van der Waals surface area contributed by atoms with Crippen LogP contribution in [0, 0.1) is 0 Å². The van der Waals surface area contributed by atoms with E-state index in [1.54, 1.807) is 31.5 Å². The maximum atomic E-state index is 11.9. The molecule has 0 aliphatic carbocycles. The molecule has 2 rings (SSSR count). The van der Waals surface area contributed by atoms with Gasteiger partial charge in [-0.3, -0.25) is 4.79 Å². The molecule has 0 fully saturated rings. The molecule has 0 bridgehead atoms. The van der Waals surface area contributed by atoms with Crippen molar-refractivity contribution in [1.29, 1.82) is 0 Å². The van der Waals surface area contributed by atoms with E-state index in [1.807, 2.05) is 18.2 Å². The SMILES string of the molecule is CCOC(=O)NCCC(=O)Nc1ccnc(Sc2ccccn2)c1.